The molecule has 0 unspecified atom stereocenters. The summed E-state index contributed by atoms with van der Waals surface area (Å²) in [4.78, 5) is 14.6. The SMILES string of the molecule is CC[C@@H](C(=O)N(C)Cc1ccccc1)N(c1ccc(Cl)c(Cl)c1)S(C)(=O)=O. The lowest BCUT2D eigenvalue weighted by Gasteiger charge is -2.33. The molecule has 0 aliphatic heterocycles. The summed E-state index contributed by atoms with van der Waals surface area (Å²) in [7, 11) is -2.07. The van der Waals surface area contributed by atoms with Gasteiger partial charge < -0.3 is 4.90 Å². The van der Waals surface area contributed by atoms with Crippen molar-refractivity contribution in [2.75, 3.05) is 17.6 Å². The molecule has 0 spiro atoms. The fourth-order valence-electron chi connectivity index (χ4n) is 2.86. The Morgan fingerprint density at radius 3 is 2.22 bits per heavy atom. The molecule has 0 aromatic heterocycles. The van der Waals surface area contributed by atoms with Crippen molar-refractivity contribution in [2.24, 2.45) is 0 Å². The molecule has 0 aliphatic carbocycles. The van der Waals surface area contributed by atoms with Crippen LogP contribution in [0.1, 0.15) is 18.9 Å². The number of nitrogens with zero attached hydrogens (tertiary/aromatic N) is 2. The number of carbonyl (C=O) groups is 1. The molecule has 0 heterocycles. The molecule has 27 heavy (non-hydrogen) atoms. The number of anilines is 1. The second kappa shape index (κ2) is 8.95. The van der Waals surface area contributed by atoms with E-state index >= 15 is 0 Å². The summed E-state index contributed by atoms with van der Waals surface area (Å²) in [5.41, 5.74) is 1.27. The Morgan fingerprint density at radius 1 is 1.07 bits per heavy atom. The molecule has 0 fully saturated rings. The third-order valence-electron chi connectivity index (χ3n) is 4.11. The second-order valence-corrected chi connectivity index (χ2v) is 8.94. The number of amides is 1. The number of carbonyl (C=O) groups excluding carboxylic acids is 1. The molecule has 1 amide bonds. The van der Waals surface area contributed by atoms with Crippen LogP contribution in [0.2, 0.25) is 10.0 Å². The number of benzene rings is 2. The first-order valence-electron chi connectivity index (χ1n) is 8.38. The second-order valence-electron chi connectivity index (χ2n) is 6.26. The smallest absolute Gasteiger partial charge is 0.246 e. The molecule has 1 atom stereocenters. The fraction of sp³-hybridized carbons (Fsp3) is 0.316. The fourth-order valence-corrected chi connectivity index (χ4v) is 4.35. The Balaban J connectivity index is 2.36. The third kappa shape index (κ3) is 5.37. The van der Waals surface area contributed by atoms with E-state index < -0.39 is 16.1 Å². The van der Waals surface area contributed by atoms with Crippen molar-refractivity contribution < 1.29 is 13.2 Å². The van der Waals surface area contributed by atoms with Gasteiger partial charge in [0, 0.05) is 13.6 Å². The van der Waals surface area contributed by atoms with Crippen molar-refractivity contribution in [2.45, 2.75) is 25.9 Å². The number of rotatable bonds is 7. The quantitative estimate of drug-likeness (QED) is 0.663. The Hall–Kier alpha value is -1.76. The summed E-state index contributed by atoms with van der Waals surface area (Å²) in [6, 6.07) is 13.1. The van der Waals surface area contributed by atoms with Crippen LogP contribution in [0.5, 0.6) is 0 Å². The average molecular weight is 429 g/mol. The summed E-state index contributed by atoms with van der Waals surface area (Å²) in [5, 5.41) is 0.539. The van der Waals surface area contributed by atoms with Gasteiger partial charge in [-0.3, -0.25) is 9.10 Å². The zero-order valence-corrected chi connectivity index (χ0v) is 17.7. The molecule has 146 valence electrons. The van der Waals surface area contributed by atoms with Crippen molar-refractivity contribution in [3.63, 3.8) is 0 Å². The predicted octanol–water partition coefficient (Wildman–Crippen LogP) is 4.20. The van der Waals surface area contributed by atoms with Crippen molar-refractivity contribution in [3.8, 4) is 0 Å². The van der Waals surface area contributed by atoms with E-state index in [1.807, 2.05) is 30.3 Å². The van der Waals surface area contributed by atoms with Crippen LogP contribution >= 0.6 is 23.2 Å². The predicted molar refractivity (Wildman–Crippen MR) is 111 cm³/mol. The van der Waals surface area contributed by atoms with Gasteiger partial charge in [0.2, 0.25) is 15.9 Å². The molecule has 0 saturated heterocycles. The van der Waals surface area contributed by atoms with E-state index in [0.717, 1.165) is 16.1 Å². The zero-order chi connectivity index (χ0) is 20.2. The standard InChI is InChI=1S/C19H22Cl2N2O3S/c1-4-18(19(24)22(2)13-14-8-6-5-7-9-14)23(27(3,25)26)15-10-11-16(20)17(21)12-15/h5-12,18H,4,13H2,1-3H3/t18-/m0/s1. The lowest BCUT2D eigenvalue weighted by Crippen LogP contribution is -2.49. The van der Waals surface area contributed by atoms with E-state index in [-0.39, 0.29) is 10.9 Å². The maximum Gasteiger partial charge on any atom is 0.246 e. The van der Waals surface area contributed by atoms with Crippen molar-refractivity contribution in [1.29, 1.82) is 0 Å². The van der Waals surface area contributed by atoms with Crippen LogP contribution in [0, 0.1) is 0 Å². The van der Waals surface area contributed by atoms with Crippen LogP contribution in [0.15, 0.2) is 48.5 Å². The van der Waals surface area contributed by atoms with Gasteiger partial charge in [-0.25, -0.2) is 8.42 Å². The molecule has 8 heteroatoms. The highest BCUT2D eigenvalue weighted by molar-refractivity contribution is 7.92. The van der Waals surface area contributed by atoms with Crippen LogP contribution in [0.4, 0.5) is 5.69 Å². The van der Waals surface area contributed by atoms with E-state index in [0.29, 0.717) is 23.7 Å². The first-order valence-corrected chi connectivity index (χ1v) is 11.0. The molecule has 0 N–H and O–H groups in total. The number of hydrogen-bond donors (Lipinski definition) is 0. The summed E-state index contributed by atoms with van der Waals surface area (Å²) in [5.74, 6) is -0.294. The Morgan fingerprint density at radius 2 is 1.70 bits per heavy atom. The van der Waals surface area contributed by atoms with Gasteiger partial charge in [-0.1, -0.05) is 60.5 Å². The molecule has 5 nitrogen and oxygen atoms in total. The molecule has 2 aromatic rings. The maximum atomic E-state index is 13.1. The van der Waals surface area contributed by atoms with Gasteiger partial charge in [0.1, 0.15) is 6.04 Å². The largest absolute Gasteiger partial charge is 0.340 e. The molecular weight excluding hydrogens is 407 g/mol. The first-order chi connectivity index (χ1) is 12.6. The molecule has 0 aliphatic rings. The normalized spacial score (nSPS) is 12.5. The number of hydrogen-bond acceptors (Lipinski definition) is 3. The summed E-state index contributed by atoms with van der Waals surface area (Å²) in [6.45, 7) is 2.16. The first kappa shape index (κ1) is 21.5. The summed E-state index contributed by atoms with van der Waals surface area (Å²) < 4.78 is 26.1. The molecular formula is C19H22Cl2N2O3S. The van der Waals surface area contributed by atoms with Crippen LogP contribution in [-0.2, 0) is 21.4 Å². The van der Waals surface area contributed by atoms with E-state index in [9.17, 15) is 13.2 Å². The van der Waals surface area contributed by atoms with Gasteiger partial charge >= 0.3 is 0 Å². The number of sulfonamides is 1. The van der Waals surface area contributed by atoms with Gasteiger partial charge in [-0.05, 0) is 30.2 Å². The van der Waals surface area contributed by atoms with Crippen molar-refractivity contribution >= 4 is 44.8 Å². The minimum atomic E-state index is -3.73. The van der Waals surface area contributed by atoms with Gasteiger partial charge in [0.05, 0.1) is 22.0 Å². The Labute approximate surface area is 170 Å². The summed E-state index contributed by atoms with van der Waals surface area (Å²) >= 11 is 12.0. The van der Waals surface area contributed by atoms with Gasteiger partial charge in [-0.15, -0.1) is 0 Å². The Bertz CT molecular complexity index is 904. The van der Waals surface area contributed by atoms with Gasteiger partial charge in [-0.2, -0.15) is 0 Å². The molecule has 0 radical (unpaired) electrons. The minimum absolute atomic E-state index is 0.225. The lowest BCUT2D eigenvalue weighted by atomic mass is 10.1. The molecule has 0 bridgehead atoms. The summed E-state index contributed by atoms with van der Waals surface area (Å²) in [6.07, 6.45) is 1.38. The highest BCUT2D eigenvalue weighted by atomic mass is 35.5. The van der Waals surface area contributed by atoms with Gasteiger partial charge in [0.25, 0.3) is 0 Å². The highest BCUT2D eigenvalue weighted by Gasteiger charge is 2.33. The molecule has 0 saturated carbocycles. The van der Waals surface area contributed by atoms with Crippen molar-refractivity contribution in [1.82, 2.24) is 4.90 Å². The number of halogens is 2. The van der Waals surface area contributed by atoms with E-state index in [1.165, 1.54) is 17.0 Å². The monoisotopic (exact) mass is 428 g/mol. The van der Waals surface area contributed by atoms with Crippen molar-refractivity contribution in [3.05, 3.63) is 64.1 Å². The zero-order valence-electron chi connectivity index (χ0n) is 15.4. The highest BCUT2D eigenvalue weighted by Crippen LogP contribution is 2.30. The Kier molecular flexibility index (Phi) is 7.14. The van der Waals surface area contributed by atoms with Crippen LogP contribution < -0.4 is 4.31 Å². The maximum absolute atomic E-state index is 13.1. The van der Waals surface area contributed by atoms with E-state index in [2.05, 4.69) is 0 Å². The minimum Gasteiger partial charge on any atom is -0.340 e. The van der Waals surface area contributed by atoms with Crippen LogP contribution in [0.3, 0.4) is 0 Å². The number of likely N-dealkylation sites (N-methyl/N-ethyl adjacent to an activating group) is 1. The molecule has 2 aromatic carbocycles. The topological polar surface area (TPSA) is 57.7 Å². The molecule has 2 rings (SSSR count). The van der Waals surface area contributed by atoms with Gasteiger partial charge in [0.15, 0.2) is 0 Å². The third-order valence-corrected chi connectivity index (χ3v) is 6.03. The van der Waals surface area contributed by atoms with Crippen LogP contribution in [-0.4, -0.2) is 38.6 Å². The lowest BCUT2D eigenvalue weighted by molar-refractivity contribution is -0.131. The van der Waals surface area contributed by atoms with E-state index in [1.54, 1.807) is 20.0 Å². The van der Waals surface area contributed by atoms with Crippen LogP contribution in [0.25, 0.3) is 0 Å². The van der Waals surface area contributed by atoms with E-state index in [4.69, 9.17) is 23.2 Å². The average Bonchev–Trinajstić information content (AvgIpc) is 2.61.